The van der Waals surface area contributed by atoms with Crippen LogP contribution in [-0.2, 0) is 0 Å². The lowest BCUT2D eigenvalue weighted by atomic mass is 10.1. The quantitative estimate of drug-likeness (QED) is 0.478. The Kier molecular flexibility index (Phi) is 6.57. The van der Waals surface area contributed by atoms with Crippen LogP contribution in [-0.4, -0.2) is 23.7 Å². The summed E-state index contributed by atoms with van der Waals surface area (Å²) in [5, 5.41) is 2.53. The van der Waals surface area contributed by atoms with Gasteiger partial charge in [0.05, 0.1) is 23.5 Å². The van der Waals surface area contributed by atoms with Gasteiger partial charge in [0.2, 0.25) is 0 Å². The average molecular weight is 440 g/mol. The maximum Gasteiger partial charge on any atom is 0.422 e. The summed E-state index contributed by atoms with van der Waals surface area (Å²) in [6.45, 7) is 0.0949. The number of nitrogens with one attached hydrogen (secondary N) is 1. The zero-order valence-electron chi connectivity index (χ0n) is 16.1. The van der Waals surface area contributed by atoms with Crippen LogP contribution in [0, 0.1) is 0 Å². The van der Waals surface area contributed by atoms with Crippen molar-refractivity contribution in [1.82, 2.24) is 10.3 Å². The predicted molar refractivity (Wildman–Crippen MR) is 101 cm³/mol. The standard InChI is InChI=1S/C21H17F5N2O3/c1-12(16-8-7-14(10-27-16)30-11-21(24,25)26)28-20(29)15-9-17(31-18(15)19(22)23)13-5-3-2-4-6-13/h2-10,12,19H,11H2,1H3,(H,28,29)/t12-/m1/s1. The molecule has 0 spiro atoms. The van der Waals surface area contributed by atoms with Gasteiger partial charge in [0.25, 0.3) is 12.3 Å². The van der Waals surface area contributed by atoms with Crippen molar-refractivity contribution in [3.8, 4) is 17.1 Å². The number of ether oxygens (including phenoxy) is 1. The number of carbonyl (C=O) groups is 1. The fourth-order valence-corrected chi connectivity index (χ4v) is 2.74. The molecule has 0 bridgehead atoms. The first-order valence-corrected chi connectivity index (χ1v) is 9.07. The molecule has 3 aromatic rings. The number of furan rings is 1. The van der Waals surface area contributed by atoms with Crippen molar-refractivity contribution in [3.05, 3.63) is 71.7 Å². The van der Waals surface area contributed by atoms with Crippen molar-refractivity contribution >= 4 is 5.91 Å². The molecule has 1 aromatic carbocycles. The number of carbonyl (C=O) groups excluding carboxylic acids is 1. The highest BCUT2D eigenvalue weighted by atomic mass is 19.4. The van der Waals surface area contributed by atoms with E-state index >= 15 is 0 Å². The number of halogens is 5. The van der Waals surface area contributed by atoms with E-state index in [1.807, 2.05) is 0 Å². The third kappa shape index (κ3) is 5.80. The van der Waals surface area contributed by atoms with Crippen molar-refractivity contribution in [2.75, 3.05) is 6.61 Å². The lowest BCUT2D eigenvalue weighted by molar-refractivity contribution is -0.153. The summed E-state index contributed by atoms with van der Waals surface area (Å²) in [7, 11) is 0. The molecule has 0 aliphatic rings. The molecule has 2 heterocycles. The number of pyridine rings is 1. The van der Waals surface area contributed by atoms with Crippen molar-refractivity contribution in [2.45, 2.75) is 25.6 Å². The van der Waals surface area contributed by atoms with Crippen molar-refractivity contribution < 1.29 is 35.9 Å². The molecule has 3 rings (SSSR count). The zero-order chi connectivity index (χ0) is 22.6. The zero-order valence-corrected chi connectivity index (χ0v) is 16.1. The average Bonchev–Trinajstić information content (AvgIpc) is 3.19. The molecular weight excluding hydrogens is 423 g/mol. The highest BCUT2D eigenvalue weighted by molar-refractivity contribution is 5.96. The molecule has 1 atom stereocenters. The first-order chi connectivity index (χ1) is 14.6. The molecule has 1 amide bonds. The van der Waals surface area contributed by atoms with Crippen LogP contribution in [0.5, 0.6) is 5.75 Å². The molecule has 0 aliphatic heterocycles. The number of amides is 1. The van der Waals surface area contributed by atoms with Crippen LogP contribution < -0.4 is 10.1 Å². The Morgan fingerprint density at radius 2 is 1.87 bits per heavy atom. The van der Waals surface area contributed by atoms with Gasteiger partial charge in [-0.15, -0.1) is 0 Å². The minimum absolute atomic E-state index is 0.0954. The second-order valence-electron chi connectivity index (χ2n) is 6.57. The van der Waals surface area contributed by atoms with Gasteiger partial charge >= 0.3 is 6.18 Å². The lowest BCUT2D eigenvalue weighted by Gasteiger charge is -2.14. The van der Waals surface area contributed by atoms with Gasteiger partial charge in [-0.25, -0.2) is 8.78 Å². The van der Waals surface area contributed by atoms with E-state index in [1.165, 1.54) is 18.2 Å². The first-order valence-electron chi connectivity index (χ1n) is 9.07. The maximum atomic E-state index is 13.4. The van der Waals surface area contributed by atoms with Crippen LogP contribution >= 0.6 is 0 Å². The monoisotopic (exact) mass is 440 g/mol. The molecule has 1 N–H and O–H groups in total. The van der Waals surface area contributed by atoms with Crippen molar-refractivity contribution in [1.29, 1.82) is 0 Å². The summed E-state index contributed by atoms with van der Waals surface area (Å²) in [6.07, 6.45) is -6.40. The van der Waals surface area contributed by atoms with E-state index < -0.39 is 36.9 Å². The van der Waals surface area contributed by atoms with Gasteiger partial charge in [-0.3, -0.25) is 9.78 Å². The second kappa shape index (κ2) is 9.15. The fourth-order valence-electron chi connectivity index (χ4n) is 2.74. The molecular formula is C21H17F5N2O3. The van der Waals surface area contributed by atoms with E-state index in [0.29, 0.717) is 11.3 Å². The van der Waals surface area contributed by atoms with Gasteiger partial charge in [-0.2, -0.15) is 13.2 Å². The van der Waals surface area contributed by atoms with Gasteiger partial charge < -0.3 is 14.5 Å². The number of rotatable bonds is 7. The normalized spacial score (nSPS) is 12.6. The summed E-state index contributed by atoms with van der Waals surface area (Å²) in [4.78, 5) is 16.6. The number of benzene rings is 1. The molecule has 0 fully saturated rings. The highest BCUT2D eigenvalue weighted by Gasteiger charge is 2.29. The van der Waals surface area contributed by atoms with E-state index in [2.05, 4.69) is 15.0 Å². The predicted octanol–water partition coefficient (Wildman–Crippen LogP) is 5.71. The molecule has 5 nitrogen and oxygen atoms in total. The highest BCUT2D eigenvalue weighted by Crippen LogP contribution is 2.32. The van der Waals surface area contributed by atoms with E-state index in [4.69, 9.17) is 4.42 Å². The molecule has 0 radical (unpaired) electrons. The molecule has 31 heavy (non-hydrogen) atoms. The molecule has 2 aromatic heterocycles. The molecule has 0 saturated heterocycles. The lowest BCUT2D eigenvalue weighted by Crippen LogP contribution is -2.27. The van der Waals surface area contributed by atoms with Crippen molar-refractivity contribution in [2.24, 2.45) is 0 Å². The van der Waals surface area contributed by atoms with Gasteiger partial charge in [0, 0.05) is 5.56 Å². The Labute approximate surface area is 173 Å². The number of hydrogen-bond donors (Lipinski definition) is 1. The first kappa shape index (κ1) is 22.3. The smallest absolute Gasteiger partial charge is 0.422 e. The Morgan fingerprint density at radius 1 is 1.16 bits per heavy atom. The van der Waals surface area contributed by atoms with E-state index in [0.717, 1.165) is 6.20 Å². The molecule has 0 aliphatic carbocycles. The van der Waals surface area contributed by atoms with Crippen LogP contribution in [0.15, 0.2) is 59.1 Å². The van der Waals surface area contributed by atoms with Crippen LogP contribution in [0.2, 0.25) is 0 Å². The van der Waals surface area contributed by atoms with Gasteiger partial charge in [0.1, 0.15) is 11.5 Å². The van der Waals surface area contributed by atoms with E-state index in [9.17, 15) is 26.7 Å². The van der Waals surface area contributed by atoms with Crippen LogP contribution in [0.4, 0.5) is 22.0 Å². The molecule has 0 unspecified atom stereocenters. The van der Waals surface area contributed by atoms with Crippen LogP contribution in [0.1, 0.15) is 41.2 Å². The Balaban J connectivity index is 1.73. The summed E-state index contributed by atoms with van der Waals surface area (Å²) < 4.78 is 73.2. The van der Waals surface area contributed by atoms with Gasteiger partial charge in [-0.1, -0.05) is 30.3 Å². The SMILES string of the molecule is C[C@@H](NC(=O)c1cc(-c2ccccc2)oc1C(F)F)c1ccc(OCC(F)(F)F)cn1. The summed E-state index contributed by atoms with van der Waals surface area (Å²) in [5.41, 5.74) is 0.525. The van der Waals surface area contributed by atoms with Gasteiger partial charge in [0.15, 0.2) is 12.4 Å². The summed E-state index contributed by atoms with van der Waals surface area (Å²) in [5.74, 6) is -1.53. The minimum atomic E-state index is -4.48. The van der Waals surface area contributed by atoms with Crippen molar-refractivity contribution in [3.63, 3.8) is 0 Å². The van der Waals surface area contributed by atoms with E-state index in [1.54, 1.807) is 37.3 Å². The topological polar surface area (TPSA) is 64.4 Å². The number of aromatic nitrogens is 1. The molecule has 10 heteroatoms. The third-order valence-electron chi connectivity index (χ3n) is 4.21. The third-order valence-corrected chi connectivity index (χ3v) is 4.21. The Morgan fingerprint density at radius 3 is 2.45 bits per heavy atom. The van der Waals surface area contributed by atoms with Gasteiger partial charge in [-0.05, 0) is 25.1 Å². The van der Waals surface area contributed by atoms with Crippen LogP contribution in [0.25, 0.3) is 11.3 Å². The Hall–Kier alpha value is -3.43. The fraction of sp³-hybridized carbons (Fsp3) is 0.238. The second-order valence-corrected chi connectivity index (χ2v) is 6.57. The molecule has 164 valence electrons. The largest absolute Gasteiger partial charge is 0.483 e. The van der Waals surface area contributed by atoms with Crippen LogP contribution in [0.3, 0.4) is 0 Å². The number of nitrogens with zero attached hydrogens (tertiary/aromatic N) is 1. The summed E-state index contributed by atoms with van der Waals surface area (Å²) >= 11 is 0. The summed E-state index contributed by atoms with van der Waals surface area (Å²) in [6, 6.07) is 11.6. The minimum Gasteiger partial charge on any atom is -0.483 e. The Bertz CT molecular complexity index is 1020. The van der Waals surface area contributed by atoms with E-state index in [-0.39, 0.29) is 17.1 Å². The number of alkyl halides is 5. The number of hydrogen-bond acceptors (Lipinski definition) is 4. The maximum absolute atomic E-state index is 13.4. The molecule has 0 saturated carbocycles.